The second-order valence-corrected chi connectivity index (χ2v) is 8.21. The lowest BCUT2D eigenvalue weighted by molar-refractivity contribution is -1.02. The first kappa shape index (κ1) is 22.9. The first-order valence-electron chi connectivity index (χ1n) is 10.8. The number of hydrogen-bond donors (Lipinski definition) is 3. The molecule has 168 valence electrons. The highest BCUT2D eigenvalue weighted by Gasteiger charge is 2.27. The van der Waals surface area contributed by atoms with E-state index in [9.17, 15) is 4.79 Å². The van der Waals surface area contributed by atoms with Crippen molar-refractivity contribution in [1.29, 1.82) is 0 Å². The molecule has 1 fully saturated rings. The Balaban J connectivity index is 1.54. The molecule has 1 saturated heterocycles. The van der Waals surface area contributed by atoms with Gasteiger partial charge in [0.25, 0.3) is 5.91 Å². The maximum Gasteiger partial charge on any atom is 0.279 e. The van der Waals surface area contributed by atoms with Crippen LogP contribution in [0.25, 0.3) is 0 Å². The molecule has 2 aromatic rings. The molecule has 1 amide bonds. The molecule has 0 saturated carbocycles. The van der Waals surface area contributed by atoms with E-state index in [-0.39, 0.29) is 5.91 Å². The summed E-state index contributed by atoms with van der Waals surface area (Å²) in [4.78, 5) is 15.4. The van der Waals surface area contributed by atoms with Crippen molar-refractivity contribution in [2.75, 3.05) is 59.4 Å². The van der Waals surface area contributed by atoms with E-state index in [1.54, 1.807) is 21.3 Å². The van der Waals surface area contributed by atoms with Crippen molar-refractivity contribution in [3.05, 3.63) is 47.0 Å². The highest BCUT2D eigenvalue weighted by Crippen LogP contribution is 2.39. The zero-order valence-corrected chi connectivity index (χ0v) is 19.3. The lowest BCUT2D eigenvalue weighted by Gasteiger charge is -2.30. The van der Waals surface area contributed by atoms with Gasteiger partial charge in [-0.1, -0.05) is 12.1 Å². The maximum absolute atomic E-state index is 12.6. The molecule has 0 bridgehead atoms. The summed E-state index contributed by atoms with van der Waals surface area (Å²) in [6.07, 6.45) is 0. The van der Waals surface area contributed by atoms with Gasteiger partial charge in [-0.05, 0) is 43.2 Å². The Morgan fingerprint density at radius 1 is 0.903 bits per heavy atom. The number of quaternary nitrogens is 2. The number of piperazine rings is 1. The third-order valence-corrected chi connectivity index (χ3v) is 5.97. The van der Waals surface area contributed by atoms with Gasteiger partial charge in [-0.25, -0.2) is 0 Å². The van der Waals surface area contributed by atoms with Crippen molar-refractivity contribution in [1.82, 2.24) is 0 Å². The summed E-state index contributed by atoms with van der Waals surface area (Å²) in [6.45, 7) is 9.34. The van der Waals surface area contributed by atoms with Crippen LogP contribution in [0.1, 0.15) is 16.7 Å². The van der Waals surface area contributed by atoms with Crippen LogP contribution in [0, 0.1) is 13.8 Å². The summed E-state index contributed by atoms with van der Waals surface area (Å²) in [7, 11) is 4.91. The molecule has 1 aliphatic heterocycles. The lowest BCUT2D eigenvalue weighted by atomic mass is 10.1. The Labute approximate surface area is 184 Å². The van der Waals surface area contributed by atoms with Crippen molar-refractivity contribution in [3.8, 4) is 17.2 Å². The molecule has 0 aromatic heterocycles. The minimum atomic E-state index is 0.0775. The van der Waals surface area contributed by atoms with Gasteiger partial charge in [0.15, 0.2) is 18.0 Å². The number of ether oxygens (including phenoxy) is 3. The molecular weight excluding hydrogens is 394 g/mol. The molecule has 7 heteroatoms. The van der Waals surface area contributed by atoms with E-state index < -0.39 is 0 Å². The molecule has 3 N–H and O–H groups in total. The smallest absolute Gasteiger partial charge is 0.279 e. The van der Waals surface area contributed by atoms with Gasteiger partial charge in [0.2, 0.25) is 5.75 Å². The molecule has 0 atom stereocenters. The predicted octanol–water partition coefficient (Wildman–Crippen LogP) is 0.251. The van der Waals surface area contributed by atoms with Crippen molar-refractivity contribution in [3.63, 3.8) is 0 Å². The summed E-state index contributed by atoms with van der Waals surface area (Å²) < 4.78 is 16.5. The van der Waals surface area contributed by atoms with Gasteiger partial charge >= 0.3 is 0 Å². The topological polar surface area (TPSA) is 65.7 Å². The fourth-order valence-corrected chi connectivity index (χ4v) is 4.17. The molecule has 1 aliphatic rings. The number of hydrogen-bond acceptors (Lipinski definition) is 4. The lowest BCUT2D eigenvalue weighted by Crippen LogP contribution is -3.28. The molecule has 3 rings (SSSR count). The fraction of sp³-hybridized carbons (Fsp3) is 0.458. The Kier molecular flexibility index (Phi) is 7.76. The number of carbonyl (C=O) groups excluding carboxylic acids is 1. The van der Waals surface area contributed by atoms with Crippen molar-refractivity contribution in [2.45, 2.75) is 20.4 Å². The van der Waals surface area contributed by atoms with E-state index in [2.05, 4.69) is 11.4 Å². The van der Waals surface area contributed by atoms with Crippen LogP contribution in [0.3, 0.4) is 0 Å². The number of methoxy groups -OCH3 is 3. The van der Waals surface area contributed by atoms with E-state index in [0.29, 0.717) is 18.0 Å². The zero-order chi connectivity index (χ0) is 22.4. The van der Waals surface area contributed by atoms with Crippen molar-refractivity contribution < 1.29 is 28.8 Å². The maximum atomic E-state index is 12.6. The quantitative estimate of drug-likeness (QED) is 0.563. The van der Waals surface area contributed by atoms with E-state index >= 15 is 0 Å². The van der Waals surface area contributed by atoms with Crippen LogP contribution in [-0.4, -0.2) is 60.0 Å². The average molecular weight is 430 g/mol. The largest absolute Gasteiger partial charge is 0.493 e. The second-order valence-electron chi connectivity index (χ2n) is 8.21. The Morgan fingerprint density at radius 3 is 2.23 bits per heavy atom. The summed E-state index contributed by atoms with van der Waals surface area (Å²) in [6, 6.07) is 10.1. The van der Waals surface area contributed by atoms with Crippen LogP contribution >= 0.6 is 0 Å². The van der Waals surface area contributed by atoms with Gasteiger partial charge in [0.05, 0.1) is 26.9 Å². The van der Waals surface area contributed by atoms with Crippen LogP contribution in [0.2, 0.25) is 0 Å². The second kappa shape index (κ2) is 10.5. The standard InChI is InChI=1S/C24H33N3O4/c1-17-6-7-18(2)20(14-17)25-22(28)16-27-12-10-26(11-13-27)15-19-8-9-21(29-3)24(31-5)23(19)30-4/h6-9,14H,10-13,15-16H2,1-5H3,(H,25,28)/p+2. The number of benzene rings is 2. The molecule has 0 radical (unpaired) electrons. The van der Waals surface area contributed by atoms with Crippen LogP contribution in [0.4, 0.5) is 5.69 Å². The van der Waals surface area contributed by atoms with Crippen LogP contribution in [0.15, 0.2) is 30.3 Å². The van der Waals surface area contributed by atoms with Gasteiger partial charge in [-0.3, -0.25) is 4.79 Å². The molecule has 0 spiro atoms. The highest BCUT2D eigenvalue weighted by molar-refractivity contribution is 5.92. The molecule has 0 unspecified atom stereocenters. The normalized spacial score (nSPS) is 18.4. The number of anilines is 1. The molecule has 7 nitrogen and oxygen atoms in total. The highest BCUT2D eigenvalue weighted by atomic mass is 16.5. The summed E-state index contributed by atoms with van der Waals surface area (Å²) in [5.41, 5.74) is 4.25. The number of amides is 1. The number of rotatable bonds is 8. The van der Waals surface area contributed by atoms with Gasteiger partial charge in [-0.15, -0.1) is 0 Å². The molecule has 1 heterocycles. The first-order chi connectivity index (χ1) is 14.9. The first-order valence-corrected chi connectivity index (χ1v) is 10.8. The third-order valence-electron chi connectivity index (χ3n) is 5.97. The predicted molar refractivity (Wildman–Crippen MR) is 121 cm³/mol. The SMILES string of the molecule is COc1ccc(C[NH+]2CC[NH+](CC(=O)Nc3cc(C)ccc3C)CC2)c(OC)c1OC. The molecule has 2 aromatic carbocycles. The van der Waals surface area contributed by atoms with Crippen molar-refractivity contribution >= 4 is 11.6 Å². The van der Waals surface area contributed by atoms with Crippen LogP contribution in [0.5, 0.6) is 17.2 Å². The van der Waals surface area contributed by atoms with Gasteiger partial charge in [-0.2, -0.15) is 0 Å². The van der Waals surface area contributed by atoms with Gasteiger partial charge in [0.1, 0.15) is 32.7 Å². The van der Waals surface area contributed by atoms with Crippen LogP contribution in [-0.2, 0) is 11.3 Å². The van der Waals surface area contributed by atoms with E-state index in [1.807, 2.05) is 38.1 Å². The molecule has 0 aliphatic carbocycles. The molecular formula is C24H35N3O4+2. The zero-order valence-electron chi connectivity index (χ0n) is 19.3. The third kappa shape index (κ3) is 5.68. The van der Waals surface area contributed by atoms with E-state index in [1.165, 1.54) is 9.80 Å². The minimum Gasteiger partial charge on any atom is -0.493 e. The summed E-state index contributed by atoms with van der Waals surface area (Å²) in [5.74, 6) is 2.11. The summed E-state index contributed by atoms with van der Waals surface area (Å²) in [5, 5.41) is 3.08. The Morgan fingerprint density at radius 2 is 1.58 bits per heavy atom. The van der Waals surface area contributed by atoms with Crippen molar-refractivity contribution in [2.24, 2.45) is 0 Å². The number of carbonyl (C=O) groups is 1. The van der Waals surface area contributed by atoms with E-state index in [4.69, 9.17) is 14.2 Å². The minimum absolute atomic E-state index is 0.0775. The molecule has 31 heavy (non-hydrogen) atoms. The van der Waals surface area contributed by atoms with Gasteiger partial charge < -0.3 is 29.3 Å². The summed E-state index contributed by atoms with van der Waals surface area (Å²) >= 11 is 0. The van der Waals surface area contributed by atoms with Gasteiger partial charge in [0, 0.05) is 5.69 Å². The average Bonchev–Trinajstić information content (AvgIpc) is 2.77. The number of nitrogens with one attached hydrogen (secondary N) is 3. The van der Waals surface area contributed by atoms with Crippen LogP contribution < -0.4 is 29.3 Å². The monoisotopic (exact) mass is 429 g/mol. The van der Waals surface area contributed by atoms with E-state index in [0.717, 1.165) is 60.9 Å². The Hall–Kier alpha value is -2.77. The Bertz CT molecular complexity index is 908. The number of aryl methyl sites for hydroxylation is 2. The fourth-order valence-electron chi connectivity index (χ4n) is 4.17.